The Balaban J connectivity index is 3.09. The van der Waals surface area contributed by atoms with Gasteiger partial charge < -0.3 is 9.47 Å². The lowest BCUT2D eigenvalue weighted by Gasteiger charge is -2.23. The van der Waals surface area contributed by atoms with Gasteiger partial charge in [-0.25, -0.2) is 8.78 Å². The first-order valence-corrected chi connectivity index (χ1v) is 6.90. The molecule has 0 aliphatic carbocycles. The molecule has 114 valence electrons. The second kappa shape index (κ2) is 7.02. The fourth-order valence-corrected chi connectivity index (χ4v) is 2.04. The molecule has 0 spiro atoms. The molecule has 1 rings (SSSR count). The van der Waals surface area contributed by atoms with Crippen LogP contribution in [-0.4, -0.2) is 19.8 Å². The maximum atomic E-state index is 14.0. The van der Waals surface area contributed by atoms with Crippen molar-refractivity contribution in [2.75, 3.05) is 13.7 Å². The molecule has 0 fully saturated rings. The first kappa shape index (κ1) is 16.9. The van der Waals surface area contributed by atoms with Gasteiger partial charge in [0.25, 0.3) is 0 Å². The maximum Gasteiger partial charge on any atom is 0.168 e. The fourth-order valence-electron chi connectivity index (χ4n) is 2.04. The van der Waals surface area contributed by atoms with Crippen molar-refractivity contribution in [3.05, 3.63) is 29.3 Å². The van der Waals surface area contributed by atoms with Crippen molar-refractivity contribution < 1.29 is 18.3 Å². The lowest BCUT2D eigenvalue weighted by molar-refractivity contribution is 0.0748. The van der Waals surface area contributed by atoms with Crippen LogP contribution in [0.2, 0.25) is 0 Å². The Morgan fingerprint density at radius 1 is 1.20 bits per heavy atom. The summed E-state index contributed by atoms with van der Waals surface area (Å²) in [6.45, 7) is 8.38. The average Bonchev–Trinajstić information content (AvgIpc) is 2.30. The van der Waals surface area contributed by atoms with Crippen molar-refractivity contribution in [1.29, 1.82) is 0 Å². The van der Waals surface area contributed by atoms with Gasteiger partial charge in [-0.05, 0) is 24.3 Å². The average molecular weight is 286 g/mol. The van der Waals surface area contributed by atoms with Crippen LogP contribution < -0.4 is 4.74 Å². The van der Waals surface area contributed by atoms with Crippen LogP contribution in [-0.2, 0) is 11.2 Å². The second-order valence-corrected chi connectivity index (χ2v) is 6.22. The molecule has 0 aromatic heterocycles. The lowest BCUT2D eigenvalue weighted by Crippen LogP contribution is -2.23. The minimum Gasteiger partial charge on any atom is -0.485 e. The van der Waals surface area contributed by atoms with E-state index in [1.165, 1.54) is 6.07 Å². The first-order valence-electron chi connectivity index (χ1n) is 6.90. The highest BCUT2D eigenvalue weighted by atomic mass is 19.1. The molecular formula is C16H24F2O2. The summed E-state index contributed by atoms with van der Waals surface area (Å²) in [6.07, 6.45) is 0.999. The molecule has 0 saturated carbocycles. The molecule has 1 aromatic rings. The fraction of sp³-hybridized carbons (Fsp3) is 0.625. The van der Waals surface area contributed by atoms with E-state index in [1.54, 1.807) is 7.11 Å². The van der Waals surface area contributed by atoms with Crippen LogP contribution in [0.3, 0.4) is 0 Å². The summed E-state index contributed by atoms with van der Waals surface area (Å²) in [4.78, 5) is 0. The minimum atomic E-state index is -0.654. The number of halogens is 2. The molecule has 20 heavy (non-hydrogen) atoms. The van der Waals surface area contributed by atoms with E-state index in [4.69, 9.17) is 9.47 Å². The van der Waals surface area contributed by atoms with Crippen LogP contribution >= 0.6 is 0 Å². The molecule has 1 aromatic carbocycles. The maximum absolute atomic E-state index is 14.0. The molecule has 0 aliphatic heterocycles. The van der Waals surface area contributed by atoms with Gasteiger partial charge in [-0.3, -0.25) is 0 Å². The van der Waals surface area contributed by atoms with Crippen LogP contribution in [0.4, 0.5) is 8.78 Å². The summed E-state index contributed by atoms with van der Waals surface area (Å²) in [6, 6.07) is 2.21. The number of ether oxygens (including phenoxy) is 2. The molecule has 0 heterocycles. The zero-order valence-corrected chi connectivity index (χ0v) is 12.9. The molecule has 1 atom stereocenters. The number of methoxy groups -OCH3 is 1. The van der Waals surface area contributed by atoms with Gasteiger partial charge in [-0.2, -0.15) is 0 Å². The molecule has 0 saturated heterocycles. The van der Waals surface area contributed by atoms with Crippen LogP contribution in [0.25, 0.3) is 0 Å². The van der Waals surface area contributed by atoms with E-state index in [1.807, 2.05) is 27.7 Å². The quantitative estimate of drug-likeness (QED) is 0.773. The van der Waals surface area contributed by atoms with Crippen molar-refractivity contribution in [2.45, 2.75) is 46.6 Å². The van der Waals surface area contributed by atoms with E-state index in [-0.39, 0.29) is 17.3 Å². The van der Waals surface area contributed by atoms with Crippen molar-refractivity contribution >= 4 is 0 Å². The molecule has 4 heteroatoms. The molecule has 0 radical (unpaired) electrons. The van der Waals surface area contributed by atoms with Crippen molar-refractivity contribution in [1.82, 2.24) is 0 Å². The van der Waals surface area contributed by atoms with E-state index in [2.05, 4.69) is 0 Å². The second-order valence-electron chi connectivity index (χ2n) is 6.22. The highest BCUT2D eigenvalue weighted by Gasteiger charge is 2.21. The Bertz CT molecular complexity index is 439. The van der Waals surface area contributed by atoms with Gasteiger partial charge in [0.1, 0.15) is 11.9 Å². The summed E-state index contributed by atoms with van der Waals surface area (Å²) in [7, 11) is 1.57. The summed E-state index contributed by atoms with van der Waals surface area (Å²) in [5.74, 6) is -1.09. The van der Waals surface area contributed by atoms with Crippen LogP contribution in [0, 0.1) is 17.0 Å². The normalized spacial score (nSPS) is 13.3. The number of rotatable bonds is 6. The minimum absolute atomic E-state index is 0.0820. The summed E-state index contributed by atoms with van der Waals surface area (Å²) < 4.78 is 38.2. The highest BCUT2D eigenvalue weighted by Crippen LogP contribution is 2.31. The smallest absolute Gasteiger partial charge is 0.168 e. The summed E-state index contributed by atoms with van der Waals surface area (Å²) in [5.41, 5.74) is 0.478. The Morgan fingerprint density at radius 3 is 2.35 bits per heavy atom. The van der Waals surface area contributed by atoms with E-state index in [0.717, 1.165) is 6.07 Å². The van der Waals surface area contributed by atoms with Gasteiger partial charge in [0.15, 0.2) is 11.6 Å². The Morgan fingerprint density at radius 2 is 1.85 bits per heavy atom. The Kier molecular flexibility index (Phi) is 5.93. The monoisotopic (exact) mass is 286 g/mol. The summed E-state index contributed by atoms with van der Waals surface area (Å²) in [5, 5.41) is 0. The lowest BCUT2D eigenvalue weighted by atomic mass is 9.87. The molecular weight excluding hydrogens is 262 g/mol. The topological polar surface area (TPSA) is 18.5 Å². The van der Waals surface area contributed by atoms with Gasteiger partial charge in [0, 0.05) is 18.7 Å². The Hall–Kier alpha value is -1.16. The molecule has 2 nitrogen and oxygen atoms in total. The standard InChI is InChI=1S/C16H24F2O2/c1-6-13(10-19-5)20-15-11(9-16(2,3)4)7-12(17)8-14(15)18/h7-8,13H,6,9-10H2,1-5H3/t13-/m0/s1. The zero-order valence-electron chi connectivity index (χ0n) is 12.9. The molecule has 0 bridgehead atoms. The van der Waals surface area contributed by atoms with Crippen molar-refractivity contribution in [3.8, 4) is 5.75 Å². The van der Waals surface area contributed by atoms with Gasteiger partial charge in [-0.1, -0.05) is 27.7 Å². The number of benzene rings is 1. The number of hydrogen-bond donors (Lipinski definition) is 0. The van der Waals surface area contributed by atoms with Gasteiger partial charge in [0.05, 0.1) is 6.61 Å². The van der Waals surface area contributed by atoms with Gasteiger partial charge >= 0.3 is 0 Å². The predicted molar refractivity (Wildman–Crippen MR) is 76.1 cm³/mol. The zero-order chi connectivity index (χ0) is 15.3. The van der Waals surface area contributed by atoms with E-state index >= 15 is 0 Å². The third kappa shape index (κ3) is 5.08. The predicted octanol–water partition coefficient (Wildman–Crippen LogP) is 4.36. The van der Waals surface area contributed by atoms with Crippen LogP contribution in [0.5, 0.6) is 5.75 Å². The molecule has 0 aliphatic rings. The van der Waals surface area contributed by atoms with Gasteiger partial charge in [-0.15, -0.1) is 0 Å². The summed E-state index contributed by atoms with van der Waals surface area (Å²) >= 11 is 0. The molecule has 0 amide bonds. The van der Waals surface area contributed by atoms with Crippen molar-refractivity contribution in [3.63, 3.8) is 0 Å². The van der Waals surface area contributed by atoms with E-state index < -0.39 is 11.6 Å². The third-order valence-electron chi connectivity index (χ3n) is 2.90. The van der Waals surface area contributed by atoms with E-state index in [9.17, 15) is 8.78 Å². The molecule has 0 unspecified atom stereocenters. The van der Waals surface area contributed by atoms with Crippen LogP contribution in [0.15, 0.2) is 12.1 Å². The Labute approximate surface area is 120 Å². The first-order chi connectivity index (χ1) is 9.26. The molecule has 0 N–H and O–H groups in total. The number of hydrogen-bond acceptors (Lipinski definition) is 2. The van der Waals surface area contributed by atoms with Crippen molar-refractivity contribution in [2.24, 2.45) is 5.41 Å². The van der Waals surface area contributed by atoms with E-state index in [0.29, 0.717) is 25.0 Å². The largest absolute Gasteiger partial charge is 0.485 e. The SMILES string of the molecule is CC[C@@H](COC)Oc1c(F)cc(F)cc1CC(C)(C)C. The van der Waals surface area contributed by atoms with Gasteiger partial charge in [0.2, 0.25) is 0 Å². The van der Waals surface area contributed by atoms with Crippen LogP contribution in [0.1, 0.15) is 39.7 Å². The third-order valence-corrected chi connectivity index (χ3v) is 2.90. The highest BCUT2D eigenvalue weighted by molar-refractivity contribution is 5.36.